The Morgan fingerprint density at radius 2 is 1.82 bits per heavy atom. The van der Waals surface area contributed by atoms with Gasteiger partial charge in [-0.25, -0.2) is 4.79 Å². The van der Waals surface area contributed by atoms with Gasteiger partial charge in [0.1, 0.15) is 5.60 Å². The Morgan fingerprint density at radius 3 is 2.27 bits per heavy atom. The van der Waals surface area contributed by atoms with Gasteiger partial charge < -0.3 is 9.64 Å². The van der Waals surface area contributed by atoms with Gasteiger partial charge in [-0.2, -0.15) is 0 Å². The Bertz CT molecular complexity index is 517. The van der Waals surface area contributed by atoms with Crippen molar-refractivity contribution in [2.24, 2.45) is 0 Å². The second-order valence-corrected chi connectivity index (χ2v) is 7.09. The Kier molecular flexibility index (Phi) is 4.80. The maximum absolute atomic E-state index is 12.4. The number of nitrogens with zero attached hydrogens (tertiary/aromatic N) is 4. The molecule has 1 aromatic rings. The maximum atomic E-state index is 12.4. The summed E-state index contributed by atoms with van der Waals surface area (Å²) >= 11 is 5.77. The van der Waals surface area contributed by atoms with Crippen LogP contribution in [0, 0.1) is 0 Å². The van der Waals surface area contributed by atoms with E-state index in [4.69, 9.17) is 16.3 Å². The van der Waals surface area contributed by atoms with Gasteiger partial charge in [-0.15, -0.1) is 10.2 Å². The summed E-state index contributed by atoms with van der Waals surface area (Å²) in [6, 6.07) is 3.62. The van der Waals surface area contributed by atoms with Crippen LogP contribution >= 0.6 is 11.6 Å². The quantitative estimate of drug-likeness (QED) is 0.794. The summed E-state index contributed by atoms with van der Waals surface area (Å²) in [4.78, 5) is 16.3. The zero-order valence-corrected chi connectivity index (χ0v) is 14.5. The van der Waals surface area contributed by atoms with Crippen molar-refractivity contribution in [1.82, 2.24) is 15.1 Å². The Labute approximate surface area is 136 Å². The van der Waals surface area contributed by atoms with Crippen molar-refractivity contribution in [2.45, 2.75) is 52.3 Å². The van der Waals surface area contributed by atoms with E-state index in [0.29, 0.717) is 18.2 Å². The number of halogens is 1. The first kappa shape index (κ1) is 16.8. The lowest BCUT2D eigenvalue weighted by Gasteiger charge is -2.44. The van der Waals surface area contributed by atoms with Crippen LogP contribution in [0.15, 0.2) is 12.1 Å². The molecule has 1 amide bonds. The average molecular weight is 327 g/mol. The molecule has 0 spiro atoms. The van der Waals surface area contributed by atoms with Crippen molar-refractivity contribution in [3.8, 4) is 0 Å². The van der Waals surface area contributed by atoms with Gasteiger partial charge in [-0.3, -0.25) is 4.90 Å². The molecule has 0 aromatic carbocycles. The molecule has 0 aliphatic carbocycles. The SMILES string of the molecule is C[C@@H]1CN(c2ccc(Cl)nn2)C[C@H](C)N1C(=O)OC(C)(C)C. The van der Waals surface area contributed by atoms with E-state index in [-0.39, 0.29) is 18.2 Å². The summed E-state index contributed by atoms with van der Waals surface area (Å²) in [6.07, 6.45) is -0.269. The van der Waals surface area contributed by atoms with E-state index >= 15 is 0 Å². The van der Waals surface area contributed by atoms with Crippen LogP contribution in [0.2, 0.25) is 5.15 Å². The predicted molar refractivity (Wildman–Crippen MR) is 86.3 cm³/mol. The second-order valence-electron chi connectivity index (χ2n) is 6.70. The molecule has 2 atom stereocenters. The summed E-state index contributed by atoms with van der Waals surface area (Å²) in [5.74, 6) is 0.770. The number of ether oxygens (including phenoxy) is 1. The fourth-order valence-electron chi connectivity index (χ4n) is 2.66. The van der Waals surface area contributed by atoms with Crippen molar-refractivity contribution in [3.63, 3.8) is 0 Å². The Balaban J connectivity index is 2.08. The summed E-state index contributed by atoms with van der Waals surface area (Å²) in [6.45, 7) is 11.0. The molecule has 0 radical (unpaired) electrons. The lowest BCUT2D eigenvalue weighted by atomic mass is 10.1. The lowest BCUT2D eigenvalue weighted by molar-refractivity contribution is 0.00560. The number of rotatable bonds is 1. The molecule has 0 bridgehead atoms. The number of hydrogen-bond acceptors (Lipinski definition) is 5. The van der Waals surface area contributed by atoms with E-state index < -0.39 is 5.60 Å². The Hall–Kier alpha value is -1.56. The van der Waals surface area contributed by atoms with Crippen LogP contribution in [0.3, 0.4) is 0 Å². The summed E-state index contributed by atoms with van der Waals surface area (Å²) < 4.78 is 5.50. The van der Waals surface area contributed by atoms with Crippen molar-refractivity contribution in [1.29, 1.82) is 0 Å². The smallest absolute Gasteiger partial charge is 0.410 e. The van der Waals surface area contributed by atoms with Crippen LogP contribution in [0.25, 0.3) is 0 Å². The first-order valence-corrected chi connectivity index (χ1v) is 7.80. The standard InChI is InChI=1S/C15H23ClN4O2/c1-10-8-19(13-7-6-12(16)17-18-13)9-11(2)20(10)14(21)22-15(3,4)5/h6-7,10-11H,8-9H2,1-5H3/t10-,11+. The molecule has 1 aliphatic heterocycles. The summed E-state index contributed by atoms with van der Waals surface area (Å²) in [5.41, 5.74) is -0.491. The highest BCUT2D eigenvalue weighted by Gasteiger charge is 2.35. The van der Waals surface area contributed by atoms with Gasteiger partial charge in [0.05, 0.1) is 12.1 Å². The molecule has 22 heavy (non-hydrogen) atoms. The molecular weight excluding hydrogens is 304 g/mol. The lowest BCUT2D eigenvalue weighted by Crippen LogP contribution is -2.59. The van der Waals surface area contributed by atoms with E-state index in [9.17, 15) is 4.79 Å². The third-order valence-electron chi connectivity index (χ3n) is 3.47. The monoisotopic (exact) mass is 326 g/mol. The first-order valence-electron chi connectivity index (χ1n) is 7.43. The van der Waals surface area contributed by atoms with E-state index in [1.807, 2.05) is 40.7 Å². The van der Waals surface area contributed by atoms with E-state index in [0.717, 1.165) is 5.82 Å². The average Bonchev–Trinajstić information content (AvgIpc) is 2.36. The highest BCUT2D eigenvalue weighted by molar-refractivity contribution is 6.29. The molecule has 2 heterocycles. The van der Waals surface area contributed by atoms with Gasteiger partial charge in [0.15, 0.2) is 11.0 Å². The molecule has 1 aliphatic rings. The number of carbonyl (C=O) groups excluding carboxylic acids is 1. The fraction of sp³-hybridized carbons (Fsp3) is 0.667. The number of amides is 1. The minimum absolute atomic E-state index is 0.0241. The maximum Gasteiger partial charge on any atom is 0.410 e. The third kappa shape index (κ3) is 4.00. The van der Waals surface area contributed by atoms with Crippen LogP contribution in [-0.4, -0.2) is 52.0 Å². The highest BCUT2D eigenvalue weighted by atomic mass is 35.5. The van der Waals surface area contributed by atoms with Crippen LogP contribution in [0.5, 0.6) is 0 Å². The van der Waals surface area contributed by atoms with Crippen LogP contribution in [0.1, 0.15) is 34.6 Å². The Morgan fingerprint density at radius 1 is 1.23 bits per heavy atom. The van der Waals surface area contributed by atoms with Gasteiger partial charge in [0.25, 0.3) is 0 Å². The molecule has 0 saturated carbocycles. The van der Waals surface area contributed by atoms with Gasteiger partial charge in [-0.05, 0) is 46.8 Å². The number of hydrogen-bond donors (Lipinski definition) is 0. The van der Waals surface area contributed by atoms with Crippen LogP contribution in [-0.2, 0) is 4.74 Å². The van der Waals surface area contributed by atoms with Crippen molar-refractivity contribution in [2.75, 3.05) is 18.0 Å². The van der Waals surface area contributed by atoms with E-state index in [1.54, 1.807) is 11.0 Å². The molecule has 1 saturated heterocycles. The molecular formula is C15H23ClN4O2. The van der Waals surface area contributed by atoms with E-state index in [2.05, 4.69) is 15.1 Å². The van der Waals surface area contributed by atoms with Crippen LogP contribution < -0.4 is 4.90 Å². The molecule has 2 rings (SSSR count). The molecule has 7 heteroatoms. The molecule has 0 N–H and O–H groups in total. The highest BCUT2D eigenvalue weighted by Crippen LogP contribution is 2.23. The summed E-state index contributed by atoms with van der Waals surface area (Å²) in [5, 5.41) is 8.36. The van der Waals surface area contributed by atoms with Crippen molar-refractivity contribution < 1.29 is 9.53 Å². The zero-order valence-electron chi connectivity index (χ0n) is 13.7. The van der Waals surface area contributed by atoms with Gasteiger partial charge >= 0.3 is 6.09 Å². The number of aromatic nitrogens is 2. The van der Waals surface area contributed by atoms with E-state index in [1.165, 1.54) is 0 Å². The molecule has 122 valence electrons. The second kappa shape index (κ2) is 6.28. The van der Waals surface area contributed by atoms with Crippen molar-refractivity contribution >= 4 is 23.5 Å². The first-order chi connectivity index (χ1) is 10.2. The minimum atomic E-state index is -0.491. The number of anilines is 1. The van der Waals surface area contributed by atoms with Gasteiger partial charge in [0.2, 0.25) is 0 Å². The van der Waals surface area contributed by atoms with Gasteiger partial charge in [-0.1, -0.05) is 11.6 Å². The predicted octanol–water partition coefficient (Wildman–Crippen LogP) is 2.96. The molecule has 0 unspecified atom stereocenters. The topological polar surface area (TPSA) is 58.6 Å². The fourth-order valence-corrected chi connectivity index (χ4v) is 2.76. The molecule has 1 fully saturated rings. The summed E-state index contributed by atoms with van der Waals surface area (Å²) in [7, 11) is 0. The number of carbonyl (C=O) groups is 1. The largest absolute Gasteiger partial charge is 0.444 e. The molecule has 6 nitrogen and oxygen atoms in total. The third-order valence-corrected chi connectivity index (χ3v) is 3.67. The minimum Gasteiger partial charge on any atom is -0.444 e. The molecule has 1 aromatic heterocycles. The zero-order chi connectivity index (χ0) is 16.5. The number of piperazine rings is 1. The van der Waals surface area contributed by atoms with Gasteiger partial charge in [0, 0.05) is 13.1 Å². The normalized spacial score (nSPS) is 22.6. The van der Waals surface area contributed by atoms with Crippen LogP contribution in [0.4, 0.5) is 10.6 Å². The van der Waals surface area contributed by atoms with Crippen molar-refractivity contribution in [3.05, 3.63) is 17.3 Å².